The second-order valence-electron chi connectivity index (χ2n) is 4.70. The van der Waals surface area contributed by atoms with Crippen molar-refractivity contribution in [3.63, 3.8) is 0 Å². The molecule has 0 spiro atoms. The minimum Gasteiger partial charge on any atom is -0.399 e. The van der Waals surface area contributed by atoms with Gasteiger partial charge in [0.15, 0.2) is 0 Å². The Morgan fingerprint density at radius 1 is 0.952 bits per heavy atom. The summed E-state index contributed by atoms with van der Waals surface area (Å²) in [4.78, 5) is 25.2. The van der Waals surface area contributed by atoms with E-state index in [2.05, 4.69) is 0 Å². The third-order valence-corrected chi connectivity index (χ3v) is 3.37. The molecule has 0 radical (unpaired) electrons. The maximum atomic E-state index is 13.6. The van der Waals surface area contributed by atoms with Crippen molar-refractivity contribution < 1.29 is 18.4 Å². The first-order valence-corrected chi connectivity index (χ1v) is 6.17. The lowest BCUT2D eigenvalue weighted by Crippen LogP contribution is -2.30. The van der Waals surface area contributed by atoms with Crippen LogP contribution in [0.15, 0.2) is 36.4 Å². The Morgan fingerprint density at radius 3 is 2.24 bits per heavy atom. The smallest absolute Gasteiger partial charge is 0.261 e. The molecule has 0 unspecified atom stereocenters. The highest BCUT2D eigenvalue weighted by atomic mass is 19.1. The molecule has 4 nitrogen and oxygen atoms in total. The number of fused-ring (bicyclic) bond motifs is 1. The summed E-state index contributed by atoms with van der Waals surface area (Å²) in [6.07, 6.45) is 0. The molecule has 0 aromatic heterocycles. The number of halogens is 2. The summed E-state index contributed by atoms with van der Waals surface area (Å²) in [5.41, 5.74) is 5.94. The molecule has 1 heterocycles. The summed E-state index contributed by atoms with van der Waals surface area (Å²) >= 11 is 0. The SMILES string of the molecule is Nc1ccc2c(c1)C(=O)N(Cc1c(F)cccc1F)C2=O. The number of carbonyl (C=O) groups excluding carboxylic acids is 2. The molecule has 2 aromatic rings. The van der Waals surface area contributed by atoms with E-state index in [1.54, 1.807) is 0 Å². The molecule has 1 aliphatic rings. The molecule has 21 heavy (non-hydrogen) atoms. The summed E-state index contributed by atoms with van der Waals surface area (Å²) in [6, 6.07) is 7.69. The van der Waals surface area contributed by atoms with E-state index in [1.165, 1.54) is 24.3 Å². The molecular formula is C15H10F2N2O2. The van der Waals surface area contributed by atoms with Crippen LogP contribution in [0.25, 0.3) is 0 Å². The molecule has 2 aromatic carbocycles. The largest absolute Gasteiger partial charge is 0.399 e. The van der Waals surface area contributed by atoms with E-state index in [0.29, 0.717) is 5.69 Å². The van der Waals surface area contributed by atoms with Gasteiger partial charge in [-0.2, -0.15) is 0 Å². The van der Waals surface area contributed by atoms with Gasteiger partial charge in [-0.1, -0.05) is 6.07 Å². The fourth-order valence-corrected chi connectivity index (χ4v) is 2.29. The third kappa shape index (κ3) is 2.05. The van der Waals surface area contributed by atoms with Crippen LogP contribution >= 0.6 is 0 Å². The quantitative estimate of drug-likeness (QED) is 0.681. The highest BCUT2D eigenvalue weighted by molar-refractivity contribution is 6.21. The van der Waals surface area contributed by atoms with E-state index < -0.39 is 30.0 Å². The lowest BCUT2D eigenvalue weighted by molar-refractivity contribution is 0.0639. The highest BCUT2D eigenvalue weighted by Crippen LogP contribution is 2.27. The number of hydrogen-bond acceptors (Lipinski definition) is 3. The Morgan fingerprint density at radius 2 is 1.57 bits per heavy atom. The first-order valence-electron chi connectivity index (χ1n) is 6.17. The molecule has 3 rings (SSSR count). The lowest BCUT2D eigenvalue weighted by atomic mass is 10.1. The van der Waals surface area contributed by atoms with Crippen molar-refractivity contribution in [2.75, 3.05) is 5.73 Å². The predicted molar refractivity (Wildman–Crippen MR) is 71.4 cm³/mol. The number of rotatable bonds is 2. The molecule has 0 bridgehead atoms. The van der Waals surface area contributed by atoms with Gasteiger partial charge in [-0.25, -0.2) is 8.78 Å². The minimum atomic E-state index is -0.800. The van der Waals surface area contributed by atoms with E-state index in [9.17, 15) is 18.4 Å². The summed E-state index contributed by atoms with van der Waals surface area (Å²) < 4.78 is 27.3. The van der Waals surface area contributed by atoms with Gasteiger partial charge in [0.05, 0.1) is 17.7 Å². The Bertz CT molecular complexity index is 754. The van der Waals surface area contributed by atoms with Gasteiger partial charge in [-0.05, 0) is 30.3 Å². The molecule has 2 amide bonds. The number of nitrogens with two attached hydrogens (primary N) is 1. The number of hydrogen-bond donors (Lipinski definition) is 1. The van der Waals surface area contributed by atoms with E-state index >= 15 is 0 Å². The van der Waals surface area contributed by atoms with Crippen LogP contribution in [0.3, 0.4) is 0 Å². The normalized spacial score (nSPS) is 13.7. The van der Waals surface area contributed by atoms with Gasteiger partial charge in [0.1, 0.15) is 11.6 Å². The Hall–Kier alpha value is -2.76. The molecule has 0 saturated heterocycles. The Balaban J connectivity index is 1.99. The summed E-state index contributed by atoms with van der Waals surface area (Å²) in [5, 5.41) is 0. The van der Waals surface area contributed by atoms with E-state index in [0.717, 1.165) is 17.0 Å². The molecule has 0 saturated carbocycles. The van der Waals surface area contributed by atoms with Gasteiger partial charge in [-0.15, -0.1) is 0 Å². The van der Waals surface area contributed by atoms with Gasteiger partial charge in [0.2, 0.25) is 0 Å². The second-order valence-corrected chi connectivity index (χ2v) is 4.70. The zero-order valence-corrected chi connectivity index (χ0v) is 10.8. The predicted octanol–water partition coefficient (Wildman–Crippen LogP) is 2.34. The highest BCUT2D eigenvalue weighted by Gasteiger charge is 2.36. The first kappa shape index (κ1) is 13.2. The van der Waals surface area contributed by atoms with Crippen molar-refractivity contribution in [3.05, 3.63) is 64.7 Å². The molecular weight excluding hydrogens is 278 g/mol. The van der Waals surface area contributed by atoms with Gasteiger partial charge in [-0.3, -0.25) is 14.5 Å². The van der Waals surface area contributed by atoms with Crippen LogP contribution in [0, 0.1) is 11.6 Å². The number of benzene rings is 2. The standard InChI is InChI=1S/C15H10F2N2O2/c16-12-2-1-3-13(17)11(12)7-19-14(20)9-5-4-8(18)6-10(9)15(19)21/h1-6H,7,18H2. The van der Waals surface area contributed by atoms with Crippen LogP contribution in [-0.2, 0) is 6.54 Å². The van der Waals surface area contributed by atoms with Crippen molar-refractivity contribution in [3.8, 4) is 0 Å². The van der Waals surface area contributed by atoms with Gasteiger partial charge in [0.25, 0.3) is 11.8 Å². The molecule has 0 fully saturated rings. The Labute approximate surface area is 118 Å². The van der Waals surface area contributed by atoms with Gasteiger partial charge >= 0.3 is 0 Å². The average molecular weight is 288 g/mol. The van der Waals surface area contributed by atoms with Crippen molar-refractivity contribution in [1.29, 1.82) is 0 Å². The lowest BCUT2D eigenvalue weighted by Gasteiger charge is -2.14. The summed E-state index contributed by atoms with van der Waals surface area (Å²) in [6.45, 7) is -0.454. The van der Waals surface area contributed by atoms with E-state index in [-0.39, 0.29) is 16.7 Å². The molecule has 6 heteroatoms. The third-order valence-electron chi connectivity index (χ3n) is 3.37. The molecule has 2 N–H and O–H groups in total. The number of imide groups is 1. The maximum absolute atomic E-state index is 13.6. The Kier molecular flexibility index (Phi) is 2.94. The number of anilines is 1. The molecule has 0 atom stereocenters. The summed E-state index contributed by atoms with van der Waals surface area (Å²) in [7, 11) is 0. The molecule has 106 valence electrons. The van der Waals surface area contributed by atoms with Gasteiger partial charge in [0, 0.05) is 11.3 Å². The topological polar surface area (TPSA) is 63.4 Å². The van der Waals surface area contributed by atoms with E-state index in [1.807, 2.05) is 0 Å². The zero-order chi connectivity index (χ0) is 15.1. The minimum absolute atomic E-state index is 0.150. The van der Waals surface area contributed by atoms with Crippen LogP contribution in [0.1, 0.15) is 26.3 Å². The van der Waals surface area contributed by atoms with Crippen LogP contribution in [0.5, 0.6) is 0 Å². The van der Waals surface area contributed by atoms with Crippen molar-refractivity contribution >= 4 is 17.5 Å². The van der Waals surface area contributed by atoms with E-state index in [4.69, 9.17) is 5.73 Å². The number of nitrogens with zero attached hydrogens (tertiary/aromatic N) is 1. The second kappa shape index (κ2) is 4.66. The van der Waals surface area contributed by atoms with Crippen LogP contribution in [0.2, 0.25) is 0 Å². The number of amides is 2. The number of carbonyl (C=O) groups is 2. The fourth-order valence-electron chi connectivity index (χ4n) is 2.29. The number of nitrogen functional groups attached to an aromatic ring is 1. The van der Waals surface area contributed by atoms with Crippen LogP contribution in [0.4, 0.5) is 14.5 Å². The van der Waals surface area contributed by atoms with Crippen LogP contribution < -0.4 is 5.73 Å². The average Bonchev–Trinajstić information content (AvgIpc) is 2.67. The van der Waals surface area contributed by atoms with Crippen molar-refractivity contribution in [2.24, 2.45) is 0 Å². The monoisotopic (exact) mass is 288 g/mol. The van der Waals surface area contributed by atoms with Gasteiger partial charge < -0.3 is 5.73 Å². The maximum Gasteiger partial charge on any atom is 0.261 e. The fraction of sp³-hybridized carbons (Fsp3) is 0.0667. The first-order chi connectivity index (χ1) is 9.99. The molecule has 1 aliphatic heterocycles. The molecule has 0 aliphatic carbocycles. The van der Waals surface area contributed by atoms with Crippen molar-refractivity contribution in [2.45, 2.75) is 6.54 Å². The van der Waals surface area contributed by atoms with Crippen LogP contribution in [-0.4, -0.2) is 16.7 Å². The van der Waals surface area contributed by atoms with Crippen molar-refractivity contribution in [1.82, 2.24) is 4.90 Å². The summed E-state index contributed by atoms with van der Waals surface area (Å²) in [5.74, 6) is -2.79. The zero-order valence-electron chi connectivity index (χ0n) is 10.8.